The predicted octanol–water partition coefficient (Wildman–Crippen LogP) is 4.69. The lowest BCUT2D eigenvalue weighted by Crippen LogP contribution is -2.21. The number of halogens is 1. The number of hydrogen-bond donors (Lipinski definition) is 1. The molecule has 0 bridgehead atoms. The molecule has 1 aromatic heterocycles. The largest absolute Gasteiger partial charge is 0.331 e. The summed E-state index contributed by atoms with van der Waals surface area (Å²) < 4.78 is 2.95. The van der Waals surface area contributed by atoms with E-state index in [1.807, 2.05) is 18.2 Å². The molecule has 2 nitrogen and oxygen atoms in total. The van der Waals surface area contributed by atoms with Crippen LogP contribution in [0.1, 0.15) is 17.0 Å². The first-order chi connectivity index (χ1) is 9.72. The molecule has 3 aromatic rings. The van der Waals surface area contributed by atoms with Crippen molar-refractivity contribution in [3.05, 3.63) is 63.4 Å². The first-order valence-electron chi connectivity index (χ1n) is 6.68. The predicted molar refractivity (Wildman–Crippen MR) is 85.0 cm³/mol. The Bertz CT molecular complexity index is 862. The zero-order valence-electron chi connectivity index (χ0n) is 10.8. The minimum atomic E-state index is 0.563. The first-order valence-corrected chi connectivity index (χ1v) is 7.47. The molecule has 1 aliphatic carbocycles. The summed E-state index contributed by atoms with van der Waals surface area (Å²) in [5.74, 6) is 0.563. The molecular weight excluding hydrogens is 288 g/mol. The van der Waals surface area contributed by atoms with Crippen molar-refractivity contribution in [1.29, 1.82) is 0 Å². The maximum absolute atomic E-state index is 6.03. The summed E-state index contributed by atoms with van der Waals surface area (Å²) in [7, 11) is 0. The van der Waals surface area contributed by atoms with Crippen LogP contribution in [0.2, 0.25) is 5.02 Å². The Kier molecular flexibility index (Phi) is 2.72. The smallest absolute Gasteiger partial charge is 0.178 e. The van der Waals surface area contributed by atoms with Gasteiger partial charge in [0.1, 0.15) is 0 Å². The quantitative estimate of drug-likeness (QED) is 0.681. The second-order valence-electron chi connectivity index (χ2n) is 5.30. The molecule has 4 rings (SSSR count). The molecule has 2 aromatic carbocycles. The van der Waals surface area contributed by atoms with Crippen LogP contribution in [0.15, 0.2) is 42.5 Å². The third-order valence-electron chi connectivity index (χ3n) is 4.10. The van der Waals surface area contributed by atoms with Crippen LogP contribution in [0.5, 0.6) is 0 Å². The van der Waals surface area contributed by atoms with Crippen molar-refractivity contribution >= 4 is 34.9 Å². The Balaban J connectivity index is 1.74. The monoisotopic (exact) mass is 300 g/mol. The van der Waals surface area contributed by atoms with Gasteiger partial charge in [-0.15, -0.1) is 0 Å². The molecule has 1 unspecified atom stereocenters. The topological polar surface area (TPSA) is 20.7 Å². The molecule has 0 saturated carbocycles. The van der Waals surface area contributed by atoms with Gasteiger partial charge in [-0.2, -0.15) is 0 Å². The molecule has 0 fully saturated rings. The van der Waals surface area contributed by atoms with Gasteiger partial charge in [-0.3, -0.25) is 0 Å². The molecule has 0 amide bonds. The zero-order chi connectivity index (χ0) is 13.7. The Morgan fingerprint density at radius 3 is 2.95 bits per heavy atom. The van der Waals surface area contributed by atoms with Crippen LogP contribution < -0.4 is 0 Å². The molecule has 0 saturated heterocycles. The van der Waals surface area contributed by atoms with Crippen LogP contribution in [-0.4, -0.2) is 9.55 Å². The summed E-state index contributed by atoms with van der Waals surface area (Å²) in [6.45, 7) is 0.928. The molecule has 0 radical (unpaired) electrons. The maximum Gasteiger partial charge on any atom is 0.178 e. The molecule has 1 N–H and O–H groups in total. The van der Waals surface area contributed by atoms with Gasteiger partial charge < -0.3 is 9.55 Å². The molecule has 0 spiro atoms. The molecule has 1 atom stereocenters. The van der Waals surface area contributed by atoms with Gasteiger partial charge in [-0.1, -0.05) is 35.9 Å². The number of hydrogen-bond acceptors (Lipinski definition) is 1. The number of aromatic nitrogens is 2. The van der Waals surface area contributed by atoms with Crippen LogP contribution in [-0.2, 0) is 13.0 Å². The number of benzene rings is 2. The van der Waals surface area contributed by atoms with Crippen LogP contribution in [0, 0.1) is 4.77 Å². The van der Waals surface area contributed by atoms with E-state index in [4.69, 9.17) is 23.8 Å². The van der Waals surface area contributed by atoms with Crippen molar-refractivity contribution in [3.63, 3.8) is 0 Å². The Labute approximate surface area is 127 Å². The Morgan fingerprint density at radius 2 is 2.10 bits per heavy atom. The summed E-state index contributed by atoms with van der Waals surface area (Å²) >= 11 is 11.5. The third kappa shape index (κ3) is 1.81. The number of nitrogens with zero attached hydrogens (tertiary/aromatic N) is 1. The molecule has 0 aliphatic heterocycles. The second-order valence-corrected chi connectivity index (χ2v) is 6.13. The number of H-pyrrole nitrogens is 1. The fourth-order valence-corrected chi connectivity index (χ4v) is 3.52. The van der Waals surface area contributed by atoms with Crippen molar-refractivity contribution in [1.82, 2.24) is 9.55 Å². The van der Waals surface area contributed by atoms with Gasteiger partial charge in [0.25, 0.3) is 0 Å². The number of imidazole rings is 1. The summed E-state index contributed by atoms with van der Waals surface area (Å²) in [5, 5.41) is 0.731. The van der Waals surface area contributed by atoms with Crippen LogP contribution in [0.3, 0.4) is 0 Å². The number of rotatable bonds is 2. The van der Waals surface area contributed by atoms with E-state index < -0.39 is 0 Å². The van der Waals surface area contributed by atoms with E-state index in [1.54, 1.807) is 0 Å². The van der Waals surface area contributed by atoms with E-state index in [2.05, 4.69) is 33.8 Å². The van der Waals surface area contributed by atoms with E-state index in [0.29, 0.717) is 5.92 Å². The van der Waals surface area contributed by atoms with E-state index in [0.717, 1.165) is 33.8 Å². The lowest BCUT2D eigenvalue weighted by molar-refractivity contribution is 0.513. The fraction of sp³-hybridized carbons (Fsp3) is 0.188. The SMILES string of the molecule is S=c1[nH]c2cc(Cl)ccc2n1CC1Cc2ccccc21. The lowest BCUT2D eigenvalue weighted by Gasteiger charge is -2.30. The summed E-state index contributed by atoms with van der Waals surface area (Å²) in [4.78, 5) is 3.24. The van der Waals surface area contributed by atoms with E-state index in [9.17, 15) is 0 Å². The molecule has 4 heteroatoms. The van der Waals surface area contributed by atoms with Gasteiger partial charge in [-0.05, 0) is 48.0 Å². The van der Waals surface area contributed by atoms with Crippen LogP contribution >= 0.6 is 23.8 Å². The number of fused-ring (bicyclic) bond motifs is 2. The summed E-state index contributed by atoms with van der Waals surface area (Å²) in [5.41, 5.74) is 5.06. The molecule has 100 valence electrons. The number of nitrogens with one attached hydrogen (secondary N) is 1. The van der Waals surface area contributed by atoms with Gasteiger partial charge in [-0.25, -0.2) is 0 Å². The van der Waals surface area contributed by atoms with Crippen molar-refractivity contribution < 1.29 is 0 Å². The highest BCUT2D eigenvalue weighted by atomic mass is 35.5. The highest BCUT2D eigenvalue weighted by Crippen LogP contribution is 2.36. The van der Waals surface area contributed by atoms with Gasteiger partial charge >= 0.3 is 0 Å². The van der Waals surface area contributed by atoms with E-state index >= 15 is 0 Å². The average Bonchev–Trinajstić information content (AvgIpc) is 2.71. The van der Waals surface area contributed by atoms with Crippen LogP contribution in [0.25, 0.3) is 11.0 Å². The lowest BCUT2D eigenvalue weighted by atomic mass is 9.77. The van der Waals surface area contributed by atoms with E-state index in [-0.39, 0.29) is 0 Å². The highest BCUT2D eigenvalue weighted by molar-refractivity contribution is 7.71. The van der Waals surface area contributed by atoms with Crippen molar-refractivity contribution in [3.8, 4) is 0 Å². The Morgan fingerprint density at radius 1 is 1.25 bits per heavy atom. The summed E-state index contributed by atoms with van der Waals surface area (Å²) in [6.07, 6.45) is 1.14. The van der Waals surface area contributed by atoms with Crippen LogP contribution in [0.4, 0.5) is 0 Å². The third-order valence-corrected chi connectivity index (χ3v) is 4.66. The molecule has 1 aliphatic rings. The molecule has 1 heterocycles. The van der Waals surface area contributed by atoms with Crippen molar-refractivity contribution in [2.75, 3.05) is 0 Å². The zero-order valence-corrected chi connectivity index (χ0v) is 12.3. The minimum absolute atomic E-state index is 0.563. The van der Waals surface area contributed by atoms with Gasteiger partial charge in [0, 0.05) is 17.5 Å². The Hall–Kier alpha value is -1.58. The van der Waals surface area contributed by atoms with E-state index in [1.165, 1.54) is 11.1 Å². The second kappa shape index (κ2) is 4.47. The average molecular weight is 301 g/mol. The summed E-state index contributed by atoms with van der Waals surface area (Å²) in [6, 6.07) is 14.5. The normalized spacial score (nSPS) is 16.9. The first kappa shape index (κ1) is 12.2. The maximum atomic E-state index is 6.03. The minimum Gasteiger partial charge on any atom is -0.331 e. The van der Waals surface area contributed by atoms with Gasteiger partial charge in [0.05, 0.1) is 11.0 Å². The number of aromatic amines is 1. The standard InChI is InChI=1S/C16H13ClN2S/c17-12-5-6-15-14(8-12)18-16(20)19(15)9-11-7-10-3-1-2-4-13(10)11/h1-6,8,11H,7,9H2,(H,18,20). The molecule has 20 heavy (non-hydrogen) atoms. The fourth-order valence-electron chi connectivity index (χ4n) is 3.06. The van der Waals surface area contributed by atoms with Gasteiger partial charge in [0.15, 0.2) is 4.77 Å². The highest BCUT2D eigenvalue weighted by Gasteiger charge is 2.26. The van der Waals surface area contributed by atoms with Gasteiger partial charge in [0.2, 0.25) is 0 Å². The van der Waals surface area contributed by atoms with Crippen molar-refractivity contribution in [2.45, 2.75) is 18.9 Å². The van der Waals surface area contributed by atoms with Crippen molar-refractivity contribution in [2.24, 2.45) is 0 Å². The molecular formula is C16H13ClN2S.